The first kappa shape index (κ1) is 22.7. The number of esters is 1. The third-order valence-corrected chi connectivity index (χ3v) is 6.01. The number of para-hydroxylation sites is 1. The van der Waals surface area contributed by atoms with Gasteiger partial charge < -0.3 is 19.2 Å². The molecule has 2 aromatic carbocycles. The topological polar surface area (TPSA) is 90.7 Å². The maximum Gasteiger partial charge on any atom is 0.339 e. The van der Waals surface area contributed by atoms with Gasteiger partial charge in [0, 0.05) is 10.4 Å². The molecule has 0 aliphatic heterocycles. The van der Waals surface area contributed by atoms with Crippen LogP contribution in [0, 0.1) is 0 Å². The third-order valence-electron chi connectivity index (χ3n) is 5.78. The van der Waals surface area contributed by atoms with Crippen LogP contribution >= 0.6 is 11.6 Å². The Hall–Kier alpha value is -4.10. The molecule has 0 fully saturated rings. The van der Waals surface area contributed by atoms with E-state index in [1.807, 2.05) is 42.5 Å². The number of halogens is 1. The summed E-state index contributed by atoms with van der Waals surface area (Å²) in [5.41, 5.74) is 4.05. The molecule has 1 N–H and O–H groups in total. The first-order valence-electron chi connectivity index (χ1n) is 11.0. The lowest BCUT2D eigenvalue weighted by Crippen LogP contribution is -2.22. The van der Waals surface area contributed by atoms with Crippen LogP contribution in [-0.2, 0) is 16.0 Å². The highest BCUT2D eigenvalue weighted by Gasteiger charge is 2.28. The Balaban J connectivity index is 1.41. The number of methoxy groups -OCH3 is 1. The van der Waals surface area contributed by atoms with Crippen LogP contribution in [0.15, 0.2) is 65.3 Å². The fourth-order valence-corrected chi connectivity index (χ4v) is 4.40. The van der Waals surface area contributed by atoms with Crippen molar-refractivity contribution in [2.24, 2.45) is 0 Å². The Morgan fingerprint density at radius 2 is 2.00 bits per heavy atom. The lowest BCUT2D eigenvalue weighted by Gasteiger charge is -2.13. The van der Waals surface area contributed by atoms with Crippen LogP contribution in [-0.4, -0.2) is 30.6 Å². The zero-order chi connectivity index (χ0) is 24.4. The van der Waals surface area contributed by atoms with Gasteiger partial charge in [-0.05, 0) is 66.5 Å². The highest BCUT2D eigenvalue weighted by atomic mass is 35.5. The normalized spacial score (nSPS) is 13.6. The predicted molar refractivity (Wildman–Crippen MR) is 134 cm³/mol. The molecule has 0 spiro atoms. The van der Waals surface area contributed by atoms with Crippen LogP contribution in [0.1, 0.15) is 33.8 Å². The van der Waals surface area contributed by atoms with E-state index >= 15 is 0 Å². The fraction of sp³-hybridized carbons (Fsp3) is 0.148. The maximum absolute atomic E-state index is 13.3. The number of hydrogen-bond acceptors (Lipinski definition) is 6. The Morgan fingerprint density at radius 1 is 1.14 bits per heavy atom. The van der Waals surface area contributed by atoms with Gasteiger partial charge in [0.2, 0.25) is 0 Å². The van der Waals surface area contributed by atoms with Crippen molar-refractivity contribution < 1.29 is 23.5 Å². The number of anilines is 1. The third kappa shape index (κ3) is 4.63. The molecule has 4 aromatic rings. The molecule has 7 nitrogen and oxygen atoms in total. The summed E-state index contributed by atoms with van der Waals surface area (Å²) in [5.74, 6) is 0.0857. The number of nitrogens with zero attached hydrogens (tertiary/aromatic N) is 1. The van der Waals surface area contributed by atoms with Gasteiger partial charge in [0.25, 0.3) is 5.91 Å². The van der Waals surface area contributed by atoms with Gasteiger partial charge in [-0.25, -0.2) is 9.78 Å². The zero-order valence-corrected chi connectivity index (χ0v) is 19.6. The van der Waals surface area contributed by atoms with Crippen LogP contribution in [0.2, 0.25) is 5.02 Å². The molecule has 1 aliphatic carbocycles. The van der Waals surface area contributed by atoms with Gasteiger partial charge >= 0.3 is 5.97 Å². The summed E-state index contributed by atoms with van der Waals surface area (Å²) in [5, 5.41) is 3.80. The first-order valence-corrected chi connectivity index (χ1v) is 11.4. The van der Waals surface area contributed by atoms with Crippen molar-refractivity contribution in [1.29, 1.82) is 0 Å². The minimum Gasteiger partial charge on any atom is -0.495 e. The summed E-state index contributed by atoms with van der Waals surface area (Å²) in [6, 6.07) is 16.0. The minimum absolute atomic E-state index is 0.393. The molecule has 0 unspecified atom stereocenters. The highest BCUT2D eigenvalue weighted by Crippen LogP contribution is 2.38. The Morgan fingerprint density at radius 3 is 2.80 bits per heavy atom. The monoisotopic (exact) mass is 488 g/mol. The molecule has 8 heteroatoms. The van der Waals surface area contributed by atoms with Gasteiger partial charge in [0.15, 0.2) is 6.61 Å². The fourth-order valence-electron chi connectivity index (χ4n) is 4.22. The number of aromatic nitrogens is 1. The molecular weight excluding hydrogens is 468 g/mol. The molecule has 0 bridgehead atoms. The number of furan rings is 1. The SMILES string of the molecule is COc1ccc(Cl)cc1NC(=O)COC(=O)c1c2c(nc3ccccc13)/C(=C/c1ccco1)CC2. The molecule has 176 valence electrons. The van der Waals surface area contributed by atoms with Crippen LogP contribution in [0.4, 0.5) is 5.69 Å². The molecule has 0 saturated heterocycles. The maximum atomic E-state index is 13.3. The van der Waals surface area contributed by atoms with E-state index in [1.165, 1.54) is 7.11 Å². The summed E-state index contributed by atoms with van der Waals surface area (Å²) in [7, 11) is 1.49. The summed E-state index contributed by atoms with van der Waals surface area (Å²) < 4.78 is 16.1. The van der Waals surface area contributed by atoms with E-state index in [9.17, 15) is 9.59 Å². The molecule has 35 heavy (non-hydrogen) atoms. The quantitative estimate of drug-likeness (QED) is 0.346. The lowest BCUT2D eigenvalue weighted by molar-refractivity contribution is -0.119. The second-order valence-corrected chi connectivity index (χ2v) is 8.42. The van der Waals surface area contributed by atoms with Crippen molar-refractivity contribution in [3.05, 3.63) is 88.5 Å². The van der Waals surface area contributed by atoms with Gasteiger partial charge in [-0.1, -0.05) is 29.8 Å². The van der Waals surface area contributed by atoms with Crippen LogP contribution < -0.4 is 10.1 Å². The smallest absolute Gasteiger partial charge is 0.339 e. The number of pyridine rings is 1. The molecular formula is C27H21ClN2O5. The number of ether oxygens (including phenoxy) is 2. The van der Waals surface area contributed by atoms with Gasteiger partial charge in [0.05, 0.1) is 35.8 Å². The summed E-state index contributed by atoms with van der Waals surface area (Å²) in [6.45, 7) is -0.463. The van der Waals surface area contributed by atoms with E-state index in [-0.39, 0.29) is 0 Å². The number of benzene rings is 2. The zero-order valence-electron chi connectivity index (χ0n) is 18.8. The number of carbonyl (C=O) groups excluding carboxylic acids is 2. The number of carbonyl (C=O) groups is 2. The number of amides is 1. The van der Waals surface area contributed by atoms with E-state index in [1.54, 1.807) is 24.5 Å². The van der Waals surface area contributed by atoms with Gasteiger partial charge in [0.1, 0.15) is 11.5 Å². The Labute approximate surface area is 206 Å². The summed E-state index contributed by atoms with van der Waals surface area (Å²) >= 11 is 6.02. The average molecular weight is 489 g/mol. The van der Waals surface area contributed by atoms with Crippen molar-refractivity contribution >= 4 is 51.7 Å². The standard InChI is InChI=1S/C27H21ClN2O5/c1-33-23-11-9-17(28)14-22(23)29-24(31)15-35-27(32)25-19-6-2-3-7-21(19)30-26-16(8-10-20(25)26)13-18-5-4-12-34-18/h2-7,9,11-14H,8,10,15H2,1H3,(H,29,31)/b16-13+. The van der Waals surface area contributed by atoms with Gasteiger partial charge in [-0.2, -0.15) is 0 Å². The molecule has 0 radical (unpaired) electrons. The first-order chi connectivity index (χ1) is 17.0. The van der Waals surface area contributed by atoms with E-state index in [0.29, 0.717) is 45.8 Å². The average Bonchev–Trinajstić information content (AvgIpc) is 3.52. The van der Waals surface area contributed by atoms with E-state index < -0.39 is 18.5 Å². The van der Waals surface area contributed by atoms with Crippen LogP contribution in [0.25, 0.3) is 22.6 Å². The number of nitrogens with one attached hydrogen (secondary N) is 1. The van der Waals surface area contributed by atoms with Crippen molar-refractivity contribution in [3.63, 3.8) is 0 Å². The molecule has 1 amide bonds. The van der Waals surface area contributed by atoms with Gasteiger partial charge in [-0.3, -0.25) is 4.79 Å². The number of hydrogen-bond donors (Lipinski definition) is 1. The molecule has 5 rings (SSSR count). The van der Waals surface area contributed by atoms with E-state index in [4.69, 9.17) is 30.5 Å². The van der Waals surface area contributed by atoms with Crippen molar-refractivity contribution in [3.8, 4) is 5.75 Å². The number of rotatable bonds is 6. The van der Waals surface area contributed by atoms with Crippen molar-refractivity contribution in [1.82, 2.24) is 4.98 Å². The van der Waals surface area contributed by atoms with Gasteiger partial charge in [-0.15, -0.1) is 0 Å². The molecule has 0 saturated carbocycles. The molecule has 0 atom stereocenters. The van der Waals surface area contributed by atoms with Crippen LogP contribution in [0.5, 0.6) is 5.75 Å². The number of allylic oxidation sites excluding steroid dienone is 1. The largest absolute Gasteiger partial charge is 0.495 e. The highest BCUT2D eigenvalue weighted by molar-refractivity contribution is 6.31. The summed E-state index contributed by atoms with van der Waals surface area (Å²) in [6.07, 6.45) is 4.90. The number of fused-ring (bicyclic) bond motifs is 2. The molecule has 1 aliphatic rings. The van der Waals surface area contributed by atoms with Crippen molar-refractivity contribution in [2.75, 3.05) is 19.0 Å². The van der Waals surface area contributed by atoms with Crippen molar-refractivity contribution in [2.45, 2.75) is 12.8 Å². The molecule has 2 heterocycles. The van der Waals surface area contributed by atoms with E-state index in [2.05, 4.69) is 5.32 Å². The predicted octanol–water partition coefficient (Wildman–Crippen LogP) is 5.77. The minimum atomic E-state index is -0.577. The van der Waals surface area contributed by atoms with E-state index in [0.717, 1.165) is 22.6 Å². The molecule has 2 aromatic heterocycles. The second-order valence-electron chi connectivity index (χ2n) is 7.99. The van der Waals surface area contributed by atoms with Crippen LogP contribution in [0.3, 0.4) is 0 Å². The lowest BCUT2D eigenvalue weighted by atomic mass is 10.0. The second kappa shape index (κ2) is 9.64. The Bertz CT molecular complexity index is 1460. The summed E-state index contributed by atoms with van der Waals surface area (Å²) in [4.78, 5) is 30.6. The Kier molecular flexibility index (Phi) is 6.25.